The molecule has 0 saturated heterocycles. The molecule has 6 heteroatoms. The van der Waals surface area contributed by atoms with E-state index in [1.54, 1.807) is 18.0 Å². The van der Waals surface area contributed by atoms with Crippen LogP contribution in [-0.4, -0.2) is 22.8 Å². The third-order valence-corrected chi connectivity index (χ3v) is 4.01. The topological polar surface area (TPSA) is 59.2 Å². The van der Waals surface area contributed by atoms with Crippen molar-refractivity contribution in [2.24, 2.45) is 0 Å². The molecule has 0 fully saturated rings. The Labute approximate surface area is 133 Å². The number of nitrogen functional groups attached to an aromatic ring is 1. The predicted octanol–water partition coefficient (Wildman–Crippen LogP) is 3.80. The van der Waals surface area contributed by atoms with Crippen molar-refractivity contribution in [3.05, 3.63) is 57.7 Å². The fourth-order valence-electron chi connectivity index (χ4n) is 2.01. The van der Waals surface area contributed by atoms with Gasteiger partial charge in [-0.1, -0.05) is 41.4 Å². The van der Waals surface area contributed by atoms with Crippen LogP contribution >= 0.6 is 23.2 Å². The number of amides is 1. The number of rotatable bonds is 3. The fraction of sp³-hybridized carbons (Fsp3) is 0.200. The number of pyridine rings is 1. The van der Waals surface area contributed by atoms with E-state index in [0.717, 1.165) is 5.56 Å². The quantitative estimate of drug-likeness (QED) is 0.934. The molecule has 0 aliphatic carbocycles. The lowest BCUT2D eigenvalue weighted by molar-refractivity contribution is 0.0743. The van der Waals surface area contributed by atoms with Crippen LogP contribution in [0, 0.1) is 0 Å². The van der Waals surface area contributed by atoms with Crippen molar-refractivity contribution >= 4 is 34.9 Å². The second-order valence-electron chi connectivity index (χ2n) is 4.70. The van der Waals surface area contributed by atoms with Gasteiger partial charge in [-0.2, -0.15) is 0 Å². The minimum Gasteiger partial charge on any atom is -0.384 e. The van der Waals surface area contributed by atoms with Crippen LogP contribution in [-0.2, 0) is 0 Å². The van der Waals surface area contributed by atoms with Gasteiger partial charge >= 0.3 is 0 Å². The van der Waals surface area contributed by atoms with E-state index in [1.165, 1.54) is 12.3 Å². The summed E-state index contributed by atoms with van der Waals surface area (Å²) in [5.74, 6) is 0.0167. The highest BCUT2D eigenvalue weighted by Gasteiger charge is 2.22. The lowest BCUT2D eigenvalue weighted by Crippen LogP contribution is -2.30. The van der Waals surface area contributed by atoms with Gasteiger partial charge in [0.15, 0.2) is 0 Å². The molecule has 110 valence electrons. The lowest BCUT2D eigenvalue weighted by Gasteiger charge is -2.26. The third kappa shape index (κ3) is 3.28. The first kappa shape index (κ1) is 15.6. The Hall–Kier alpha value is -1.78. The highest BCUT2D eigenvalue weighted by Crippen LogP contribution is 2.28. The van der Waals surface area contributed by atoms with E-state index in [2.05, 4.69) is 4.98 Å². The molecule has 1 aromatic heterocycles. The Kier molecular flexibility index (Phi) is 4.70. The summed E-state index contributed by atoms with van der Waals surface area (Å²) in [6.07, 6.45) is 1.37. The summed E-state index contributed by atoms with van der Waals surface area (Å²) in [6.45, 7) is 1.90. The SMILES string of the molecule is CC(c1ccccc1Cl)N(C)C(=O)c1cc(N)ncc1Cl. The van der Waals surface area contributed by atoms with Crippen LogP contribution in [0.1, 0.15) is 28.9 Å². The molecule has 0 saturated carbocycles. The highest BCUT2D eigenvalue weighted by molar-refractivity contribution is 6.33. The maximum Gasteiger partial charge on any atom is 0.255 e. The molecule has 0 aliphatic rings. The molecule has 4 nitrogen and oxygen atoms in total. The zero-order valence-corrected chi connectivity index (χ0v) is 13.2. The van der Waals surface area contributed by atoms with Gasteiger partial charge in [0, 0.05) is 18.3 Å². The summed E-state index contributed by atoms with van der Waals surface area (Å²) in [5.41, 5.74) is 6.81. The molecule has 0 radical (unpaired) electrons. The molecule has 1 amide bonds. The predicted molar refractivity (Wildman–Crippen MR) is 85.6 cm³/mol. The second kappa shape index (κ2) is 6.33. The summed E-state index contributed by atoms with van der Waals surface area (Å²) < 4.78 is 0. The molecule has 2 aromatic rings. The Morgan fingerprint density at radius 2 is 1.95 bits per heavy atom. The summed E-state index contributed by atoms with van der Waals surface area (Å²) in [7, 11) is 1.70. The van der Waals surface area contributed by atoms with E-state index >= 15 is 0 Å². The molecule has 2 N–H and O–H groups in total. The number of carbonyl (C=O) groups is 1. The lowest BCUT2D eigenvalue weighted by atomic mass is 10.1. The smallest absolute Gasteiger partial charge is 0.255 e. The Balaban J connectivity index is 2.31. The Bertz CT molecular complexity index is 676. The standard InChI is InChI=1S/C15H15Cl2N3O/c1-9(10-5-3-4-6-12(10)16)20(2)15(21)11-7-14(18)19-8-13(11)17/h3-9H,1-2H3,(H2,18,19). The summed E-state index contributed by atoms with van der Waals surface area (Å²) in [6, 6.07) is 8.69. The Morgan fingerprint density at radius 1 is 1.29 bits per heavy atom. The first-order chi connectivity index (χ1) is 9.91. The molecule has 21 heavy (non-hydrogen) atoms. The third-order valence-electron chi connectivity index (χ3n) is 3.36. The van der Waals surface area contributed by atoms with Crippen molar-refractivity contribution in [1.29, 1.82) is 0 Å². The number of hydrogen-bond donors (Lipinski definition) is 1. The molecular formula is C15H15Cl2N3O. The highest BCUT2D eigenvalue weighted by atomic mass is 35.5. The van der Waals surface area contributed by atoms with E-state index < -0.39 is 0 Å². The van der Waals surface area contributed by atoms with Crippen LogP contribution in [0.5, 0.6) is 0 Å². The van der Waals surface area contributed by atoms with Crippen molar-refractivity contribution in [3.8, 4) is 0 Å². The van der Waals surface area contributed by atoms with Crippen molar-refractivity contribution < 1.29 is 4.79 Å². The number of anilines is 1. The molecule has 2 rings (SSSR count). The molecular weight excluding hydrogens is 309 g/mol. The average Bonchev–Trinajstić information content (AvgIpc) is 2.48. The van der Waals surface area contributed by atoms with Gasteiger partial charge in [0.25, 0.3) is 5.91 Å². The van der Waals surface area contributed by atoms with Crippen molar-refractivity contribution in [3.63, 3.8) is 0 Å². The van der Waals surface area contributed by atoms with E-state index in [0.29, 0.717) is 10.6 Å². The zero-order chi connectivity index (χ0) is 15.6. The normalized spacial score (nSPS) is 12.0. The summed E-state index contributed by atoms with van der Waals surface area (Å²) in [5, 5.41) is 0.886. The van der Waals surface area contributed by atoms with E-state index in [-0.39, 0.29) is 22.8 Å². The van der Waals surface area contributed by atoms with E-state index in [1.807, 2.05) is 25.1 Å². The van der Waals surface area contributed by atoms with E-state index in [4.69, 9.17) is 28.9 Å². The number of nitrogens with two attached hydrogens (primary N) is 1. The zero-order valence-electron chi connectivity index (χ0n) is 11.7. The minimum absolute atomic E-state index is 0.198. The second-order valence-corrected chi connectivity index (χ2v) is 5.52. The van der Waals surface area contributed by atoms with Gasteiger partial charge in [-0.15, -0.1) is 0 Å². The van der Waals surface area contributed by atoms with Gasteiger partial charge in [-0.05, 0) is 24.6 Å². The molecule has 1 aromatic carbocycles. The molecule has 1 heterocycles. The number of carbonyl (C=O) groups excluding carboxylic acids is 1. The van der Waals surface area contributed by atoms with Crippen LogP contribution in [0.2, 0.25) is 10.0 Å². The maximum atomic E-state index is 12.6. The number of aromatic nitrogens is 1. The van der Waals surface area contributed by atoms with Crippen LogP contribution in [0.4, 0.5) is 5.82 Å². The van der Waals surface area contributed by atoms with Gasteiger partial charge < -0.3 is 10.6 Å². The van der Waals surface area contributed by atoms with Crippen molar-refractivity contribution in [1.82, 2.24) is 9.88 Å². The average molecular weight is 324 g/mol. The van der Waals surface area contributed by atoms with Crippen molar-refractivity contribution in [2.75, 3.05) is 12.8 Å². The first-order valence-corrected chi connectivity index (χ1v) is 7.10. The number of hydrogen-bond acceptors (Lipinski definition) is 3. The minimum atomic E-state index is -0.235. The van der Waals surface area contributed by atoms with Crippen LogP contribution in [0.15, 0.2) is 36.5 Å². The summed E-state index contributed by atoms with van der Waals surface area (Å²) >= 11 is 12.2. The van der Waals surface area contributed by atoms with Gasteiger partial charge in [0.1, 0.15) is 5.82 Å². The number of benzene rings is 1. The monoisotopic (exact) mass is 323 g/mol. The summed E-state index contributed by atoms with van der Waals surface area (Å²) in [4.78, 5) is 18.0. The molecule has 1 unspecified atom stereocenters. The van der Waals surface area contributed by atoms with Gasteiger partial charge in [-0.25, -0.2) is 4.98 Å². The molecule has 0 aliphatic heterocycles. The van der Waals surface area contributed by atoms with Gasteiger partial charge in [0.05, 0.1) is 16.6 Å². The van der Waals surface area contributed by atoms with E-state index in [9.17, 15) is 4.79 Å². The molecule has 0 spiro atoms. The van der Waals surface area contributed by atoms with Crippen molar-refractivity contribution in [2.45, 2.75) is 13.0 Å². The number of halogens is 2. The number of nitrogens with zero attached hydrogens (tertiary/aromatic N) is 2. The molecule has 0 bridgehead atoms. The maximum absolute atomic E-state index is 12.6. The Morgan fingerprint density at radius 3 is 2.62 bits per heavy atom. The first-order valence-electron chi connectivity index (χ1n) is 6.34. The van der Waals surface area contributed by atoms with Crippen LogP contribution in [0.25, 0.3) is 0 Å². The van der Waals surface area contributed by atoms with Crippen LogP contribution in [0.3, 0.4) is 0 Å². The van der Waals surface area contributed by atoms with Crippen LogP contribution < -0.4 is 5.73 Å². The van der Waals surface area contributed by atoms with Gasteiger partial charge in [-0.3, -0.25) is 4.79 Å². The van der Waals surface area contributed by atoms with Gasteiger partial charge in [0.2, 0.25) is 0 Å². The fourth-order valence-corrected chi connectivity index (χ4v) is 2.48. The molecule has 1 atom stereocenters. The largest absolute Gasteiger partial charge is 0.384 e.